The van der Waals surface area contributed by atoms with Crippen LogP contribution in [0.25, 0.3) is 16.2 Å². The number of thiazole rings is 1. The standard InChI is InChI=1S/C15H9F3N4OS/c16-15(17,18)8-20-13(23)11-12(22-4-5-24-14(22)21-11)10-3-1-2-9(6-10)7-19/h1-6H,8H2,(H,20,23). The number of aromatic nitrogens is 2. The Morgan fingerprint density at radius 2 is 2.21 bits per heavy atom. The molecule has 0 bridgehead atoms. The third-order valence-electron chi connectivity index (χ3n) is 3.19. The van der Waals surface area contributed by atoms with Gasteiger partial charge in [0.2, 0.25) is 0 Å². The number of alkyl halides is 3. The Hall–Kier alpha value is -2.86. The summed E-state index contributed by atoms with van der Waals surface area (Å²) in [5, 5.41) is 12.6. The molecule has 0 unspecified atom stereocenters. The molecule has 5 nitrogen and oxygen atoms in total. The fraction of sp³-hybridized carbons (Fsp3) is 0.133. The number of benzene rings is 1. The topological polar surface area (TPSA) is 70.2 Å². The van der Waals surface area contributed by atoms with Gasteiger partial charge in [0.25, 0.3) is 5.91 Å². The Kier molecular flexibility index (Phi) is 3.99. The number of amides is 1. The molecule has 0 aliphatic carbocycles. The van der Waals surface area contributed by atoms with Gasteiger partial charge in [0.1, 0.15) is 6.54 Å². The number of halogens is 3. The molecular weight excluding hydrogens is 341 g/mol. The van der Waals surface area contributed by atoms with Gasteiger partial charge in [-0.05, 0) is 12.1 Å². The first-order valence-corrected chi connectivity index (χ1v) is 7.58. The predicted octanol–water partition coefficient (Wildman–Crippen LogP) is 3.23. The van der Waals surface area contributed by atoms with E-state index in [2.05, 4.69) is 4.98 Å². The van der Waals surface area contributed by atoms with Gasteiger partial charge in [-0.1, -0.05) is 12.1 Å². The van der Waals surface area contributed by atoms with Crippen LogP contribution in [0.15, 0.2) is 35.8 Å². The molecule has 0 spiro atoms. The van der Waals surface area contributed by atoms with Crippen molar-refractivity contribution in [3.05, 3.63) is 47.1 Å². The van der Waals surface area contributed by atoms with Gasteiger partial charge in [0, 0.05) is 17.1 Å². The van der Waals surface area contributed by atoms with Crippen LogP contribution in [0, 0.1) is 11.3 Å². The van der Waals surface area contributed by atoms with E-state index in [0.29, 0.717) is 21.8 Å². The molecule has 2 heterocycles. The average molecular weight is 350 g/mol. The summed E-state index contributed by atoms with van der Waals surface area (Å²) in [5.41, 5.74) is 1.14. The molecule has 24 heavy (non-hydrogen) atoms. The maximum Gasteiger partial charge on any atom is 0.405 e. The van der Waals surface area contributed by atoms with E-state index in [1.807, 2.05) is 11.4 Å². The summed E-state index contributed by atoms with van der Waals surface area (Å²) in [6.07, 6.45) is -2.84. The Balaban J connectivity index is 2.07. The molecule has 3 aromatic rings. The largest absolute Gasteiger partial charge is 0.405 e. The number of rotatable bonds is 3. The molecule has 0 radical (unpaired) electrons. The minimum atomic E-state index is -4.51. The number of hydrogen-bond donors (Lipinski definition) is 1. The highest BCUT2D eigenvalue weighted by Crippen LogP contribution is 2.28. The fourth-order valence-corrected chi connectivity index (χ4v) is 2.93. The van der Waals surface area contributed by atoms with E-state index in [1.54, 1.807) is 40.2 Å². The van der Waals surface area contributed by atoms with Crippen molar-refractivity contribution in [1.82, 2.24) is 14.7 Å². The van der Waals surface area contributed by atoms with Gasteiger partial charge in [-0.2, -0.15) is 18.4 Å². The van der Waals surface area contributed by atoms with E-state index in [1.165, 1.54) is 11.3 Å². The van der Waals surface area contributed by atoms with Crippen molar-refractivity contribution in [2.24, 2.45) is 0 Å². The first kappa shape index (κ1) is 16.0. The van der Waals surface area contributed by atoms with Crippen LogP contribution >= 0.6 is 11.3 Å². The zero-order valence-electron chi connectivity index (χ0n) is 12.0. The van der Waals surface area contributed by atoms with Crippen LogP contribution in [0.1, 0.15) is 16.1 Å². The van der Waals surface area contributed by atoms with E-state index < -0.39 is 18.6 Å². The number of nitrogens with one attached hydrogen (secondary N) is 1. The van der Waals surface area contributed by atoms with Crippen LogP contribution in [0.5, 0.6) is 0 Å². The van der Waals surface area contributed by atoms with Gasteiger partial charge < -0.3 is 5.32 Å². The number of nitrogens with zero attached hydrogens (tertiary/aromatic N) is 3. The summed E-state index contributed by atoms with van der Waals surface area (Å²) in [6, 6.07) is 8.45. The molecule has 3 rings (SSSR count). The van der Waals surface area contributed by atoms with Crippen LogP contribution in [0.2, 0.25) is 0 Å². The molecule has 0 fully saturated rings. The molecule has 0 aliphatic rings. The Morgan fingerprint density at radius 3 is 2.92 bits per heavy atom. The number of hydrogen-bond acceptors (Lipinski definition) is 4. The van der Waals surface area contributed by atoms with Crippen molar-refractivity contribution in [2.75, 3.05) is 6.54 Å². The first-order chi connectivity index (χ1) is 11.4. The maximum atomic E-state index is 12.3. The number of carbonyl (C=O) groups excluding carboxylic acids is 1. The van der Waals surface area contributed by atoms with Gasteiger partial charge in [0.05, 0.1) is 17.3 Å². The van der Waals surface area contributed by atoms with Gasteiger partial charge in [-0.3, -0.25) is 9.20 Å². The Bertz CT molecular complexity index is 952. The SMILES string of the molecule is N#Cc1cccc(-c2c(C(=O)NCC(F)(F)F)nc3sccn23)c1. The van der Waals surface area contributed by atoms with E-state index in [9.17, 15) is 18.0 Å². The highest BCUT2D eigenvalue weighted by molar-refractivity contribution is 7.15. The fourth-order valence-electron chi connectivity index (χ4n) is 2.22. The molecule has 1 N–H and O–H groups in total. The normalized spacial score (nSPS) is 11.4. The summed E-state index contributed by atoms with van der Waals surface area (Å²) in [7, 11) is 0. The van der Waals surface area contributed by atoms with Crippen LogP contribution in [0.4, 0.5) is 13.2 Å². The molecule has 0 aliphatic heterocycles. The minimum absolute atomic E-state index is 0.110. The minimum Gasteiger partial charge on any atom is -0.342 e. The predicted molar refractivity (Wildman–Crippen MR) is 81.6 cm³/mol. The molecule has 2 aromatic heterocycles. The molecule has 1 aromatic carbocycles. The number of nitriles is 1. The molecule has 0 saturated carbocycles. The highest BCUT2D eigenvalue weighted by Gasteiger charge is 2.29. The second-order valence-electron chi connectivity index (χ2n) is 4.86. The second-order valence-corrected chi connectivity index (χ2v) is 5.73. The molecule has 0 saturated heterocycles. The van der Waals surface area contributed by atoms with Crippen LogP contribution in [-0.2, 0) is 0 Å². The zero-order valence-corrected chi connectivity index (χ0v) is 12.8. The van der Waals surface area contributed by atoms with E-state index in [0.717, 1.165) is 0 Å². The third kappa shape index (κ3) is 3.09. The Morgan fingerprint density at radius 1 is 1.42 bits per heavy atom. The zero-order chi connectivity index (χ0) is 17.3. The summed E-state index contributed by atoms with van der Waals surface area (Å²) < 4.78 is 38.6. The average Bonchev–Trinajstić information content (AvgIpc) is 3.12. The lowest BCUT2D eigenvalue weighted by atomic mass is 10.1. The smallest absolute Gasteiger partial charge is 0.342 e. The van der Waals surface area contributed by atoms with Crippen LogP contribution in [-0.4, -0.2) is 28.0 Å². The molecule has 0 atom stereocenters. The molecule has 9 heteroatoms. The van der Waals surface area contributed by atoms with Crippen molar-refractivity contribution in [2.45, 2.75) is 6.18 Å². The van der Waals surface area contributed by atoms with Crippen molar-refractivity contribution >= 4 is 22.2 Å². The summed E-state index contributed by atoms with van der Waals surface area (Å²) >= 11 is 1.25. The lowest BCUT2D eigenvalue weighted by molar-refractivity contribution is -0.123. The van der Waals surface area contributed by atoms with Crippen molar-refractivity contribution in [1.29, 1.82) is 5.26 Å². The second kappa shape index (κ2) is 5.98. The van der Waals surface area contributed by atoms with Crippen LogP contribution in [0.3, 0.4) is 0 Å². The van der Waals surface area contributed by atoms with Crippen molar-refractivity contribution < 1.29 is 18.0 Å². The maximum absolute atomic E-state index is 12.3. The van der Waals surface area contributed by atoms with Gasteiger partial charge >= 0.3 is 6.18 Å². The molecule has 122 valence electrons. The summed E-state index contributed by atoms with van der Waals surface area (Å²) in [5.74, 6) is -0.916. The van der Waals surface area contributed by atoms with E-state index in [4.69, 9.17) is 5.26 Å². The number of imidazole rings is 1. The number of fused-ring (bicyclic) bond motifs is 1. The first-order valence-electron chi connectivity index (χ1n) is 6.70. The van der Waals surface area contributed by atoms with Gasteiger partial charge in [-0.25, -0.2) is 4.98 Å². The highest BCUT2D eigenvalue weighted by atomic mass is 32.1. The van der Waals surface area contributed by atoms with E-state index >= 15 is 0 Å². The lowest BCUT2D eigenvalue weighted by Crippen LogP contribution is -2.34. The van der Waals surface area contributed by atoms with Crippen LogP contribution < -0.4 is 5.32 Å². The monoisotopic (exact) mass is 350 g/mol. The quantitative estimate of drug-likeness (QED) is 0.788. The number of carbonyl (C=O) groups is 1. The van der Waals surface area contributed by atoms with Gasteiger partial charge in [0.15, 0.2) is 10.7 Å². The van der Waals surface area contributed by atoms with Crippen molar-refractivity contribution in [3.63, 3.8) is 0 Å². The summed E-state index contributed by atoms with van der Waals surface area (Å²) in [4.78, 5) is 16.8. The van der Waals surface area contributed by atoms with E-state index in [-0.39, 0.29) is 5.69 Å². The molecular formula is C15H9F3N4OS. The third-order valence-corrected chi connectivity index (χ3v) is 3.95. The van der Waals surface area contributed by atoms with Crippen molar-refractivity contribution in [3.8, 4) is 17.3 Å². The Labute approximate surface area is 138 Å². The summed E-state index contributed by atoms with van der Waals surface area (Å²) in [6.45, 7) is -1.44. The van der Waals surface area contributed by atoms with Gasteiger partial charge in [-0.15, -0.1) is 11.3 Å². The molecule has 1 amide bonds. The lowest BCUT2D eigenvalue weighted by Gasteiger charge is -2.08.